The van der Waals surface area contributed by atoms with Crippen LogP contribution in [0, 0.1) is 0 Å². The highest BCUT2D eigenvalue weighted by molar-refractivity contribution is 4.98. The fraction of sp³-hybridized carbons (Fsp3) is 1.00. The molecule has 0 aromatic heterocycles. The number of rotatable bonds is 17. The first-order valence-electron chi connectivity index (χ1n) is 9.33. The van der Waals surface area contributed by atoms with Crippen LogP contribution in [0.5, 0.6) is 0 Å². The van der Waals surface area contributed by atoms with E-state index in [1.54, 1.807) is 28.1 Å². The molecule has 0 aromatic carbocycles. The van der Waals surface area contributed by atoms with Gasteiger partial charge in [-0.3, -0.25) is 0 Å². The molecular formula is C18H41N3O5. The lowest BCUT2D eigenvalue weighted by Crippen LogP contribution is -2.62. The summed E-state index contributed by atoms with van der Waals surface area (Å²) in [7, 11) is 3.15. The third-order valence-corrected chi connectivity index (χ3v) is 4.55. The maximum Gasteiger partial charge on any atom is 0.120 e. The van der Waals surface area contributed by atoms with Gasteiger partial charge in [0.1, 0.15) is 16.8 Å². The van der Waals surface area contributed by atoms with Crippen molar-refractivity contribution in [1.29, 1.82) is 0 Å². The van der Waals surface area contributed by atoms with E-state index in [0.29, 0.717) is 19.7 Å². The molecule has 0 aliphatic rings. The standard InChI is InChI=1S/C18H41N3O5/c1-16(14-24-4,12-21-11-7-10-20-9-6-8-19)26-18(3,15-25-5)17(2,23)13-22/h20-23H,6-15,19H2,1-5H3/t16-,17+,18?/m0/s1. The van der Waals surface area contributed by atoms with Crippen molar-refractivity contribution in [3.05, 3.63) is 0 Å². The summed E-state index contributed by atoms with van der Waals surface area (Å²) in [4.78, 5) is 0. The van der Waals surface area contributed by atoms with Crippen LogP contribution in [0.1, 0.15) is 33.6 Å². The molecule has 158 valence electrons. The van der Waals surface area contributed by atoms with Crippen molar-refractivity contribution in [3.63, 3.8) is 0 Å². The van der Waals surface area contributed by atoms with Gasteiger partial charge in [-0.1, -0.05) is 0 Å². The highest BCUT2D eigenvalue weighted by atomic mass is 16.6. The summed E-state index contributed by atoms with van der Waals surface area (Å²) >= 11 is 0. The van der Waals surface area contributed by atoms with E-state index in [2.05, 4.69) is 10.6 Å². The largest absolute Gasteiger partial charge is 0.393 e. The molecule has 8 heteroatoms. The third kappa shape index (κ3) is 9.05. The molecule has 8 nitrogen and oxygen atoms in total. The molecule has 0 saturated heterocycles. The van der Waals surface area contributed by atoms with Gasteiger partial charge >= 0.3 is 0 Å². The van der Waals surface area contributed by atoms with Crippen molar-refractivity contribution in [2.75, 3.05) is 66.8 Å². The van der Waals surface area contributed by atoms with Crippen molar-refractivity contribution in [1.82, 2.24) is 10.6 Å². The number of hydrogen-bond donors (Lipinski definition) is 5. The zero-order valence-corrected chi connectivity index (χ0v) is 17.3. The van der Waals surface area contributed by atoms with E-state index in [1.807, 2.05) is 6.92 Å². The van der Waals surface area contributed by atoms with Crippen molar-refractivity contribution < 1.29 is 24.4 Å². The maximum absolute atomic E-state index is 10.6. The minimum absolute atomic E-state index is 0.144. The van der Waals surface area contributed by atoms with Crippen LogP contribution in [-0.2, 0) is 14.2 Å². The molecule has 26 heavy (non-hydrogen) atoms. The number of aliphatic hydroxyl groups excluding tert-OH is 1. The molecular weight excluding hydrogens is 338 g/mol. The number of ether oxygens (including phenoxy) is 3. The summed E-state index contributed by atoms with van der Waals surface area (Å²) in [5.74, 6) is 0. The first-order chi connectivity index (χ1) is 12.2. The average Bonchev–Trinajstić information content (AvgIpc) is 2.57. The topological polar surface area (TPSA) is 118 Å². The van der Waals surface area contributed by atoms with Crippen molar-refractivity contribution in [3.8, 4) is 0 Å². The summed E-state index contributed by atoms with van der Waals surface area (Å²) in [6.07, 6.45) is 1.97. The van der Waals surface area contributed by atoms with E-state index in [0.717, 1.165) is 32.5 Å². The van der Waals surface area contributed by atoms with Crippen LogP contribution in [0.3, 0.4) is 0 Å². The normalized spacial score (nSPS) is 18.9. The number of hydrogen-bond acceptors (Lipinski definition) is 8. The van der Waals surface area contributed by atoms with Crippen LogP contribution >= 0.6 is 0 Å². The van der Waals surface area contributed by atoms with Crippen LogP contribution in [0.4, 0.5) is 0 Å². The van der Waals surface area contributed by atoms with E-state index < -0.39 is 23.4 Å². The van der Waals surface area contributed by atoms with E-state index >= 15 is 0 Å². The highest BCUT2D eigenvalue weighted by Crippen LogP contribution is 2.31. The van der Waals surface area contributed by atoms with Gasteiger partial charge in [0.15, 0.2) is 0 Å². The molecule has 3 atom stereocenters. The Morgan fingerprint density at radius 1 is 0.923 bits per heavy atom. The van der Waals surface area contributed by atoms with Crippen LogP contribution < -0.4 is 16.4 Å². The Balaban J connectivity index is 4.65. The number of methoxy groups -OCH3 is 2. The molecule has 6 N–H and O–H groups in total. The van der Waals surface area contributed by atoms with Gasteiger partial charge in [0.2, 0.25) is 0 Å². The molecule has 0 aromatic rings. The minimum atomic E-state index is -1.45. The Morgan fingerprint density at radius 3 is 2.04 bits per heavy atom. The highest BCUT2D eigenvalue weighted by Gasteiger charge is 2.48. The molecule has 1 unspecified atom stereocenters. The molecule has 0 heterocycles. The lowest BCUT2D eigenvalue weighted by atomic mass is 9.86. The first kappa shape index (κ1) is 25.7. The Kier molecular flexibility index (Phi) is 12.8. The number of aliphatic hydroxyl groups is 2. The molecule has 0 fully saturated rings. The second-order valence-corrected chi connectivity index (χ2v) is 7.50. The lowest BCUT2D eigenvalue weighted by Gasteiger charge is -2.46. The van der Waals surface area contributed by atoms with Gasteiger partial charge in [-0.2, -0.15) is 0 Å². The molecule has 0 bridgehead atoms. The fourth-order valence-corrected chi connectivity index (χ4v) is 2.75. The van der Waals surface area contributed by atoms with E-state index in [1.165, 1.54) is 0 Å². The summed E-state index contributed by atoms with van der Waals surface area (Å²) < 4.78 is 16.8. The minimum Gasteiger partial charge on any atom is -0.393 e. The molecule has 0 radical (unpaired) electrons. The Morgan fingerprint density at radius 2 is 1.50 bits per heavy atom. The van der Waals surface area contributed by atoms with Crippen molar-refractivity contribution in [2.24, 2.45) is 5.73 Å². The second-order valence-electron chi connectivity index (χ2n) is 7.50. The van der Waals surface area contributed by atoms with E-state index in [9.17, 15) is 10.2 Å². The molecule has 0 rings (SSSR count). The second kappa shape index (κ2) is 13.0. The van der Waals surface area contributed by atoms with E-state index in [4.69, 9.17) is 19.9 Å². The van der Waals surface area contributed by atoms with Gasteiger partial charge in [0, 0.05) is 20.8 Å². The monoisotopic (exact) mass is 379 g/mol. The smallest absolute Gasteiger partial charge is 0.120 e. The molecule has 0 aliphatic carbocycles. The number of nitrogens with two attached hydrogens (primary N) is 1. The summed E-state index contributed by atoms with van der Waals surface area (Å²) in [6.45, 7) is 9.20. The SMILES string of the molecule is COCC(C)(O[C@@](C)(CNCCCNCCCN)COC)[C@](C)(O)CO. The Bertz CT molecular complexity index is 360. The zero-order chi connectivity index (χ0) is 20.1. The van der Waals surface area contributed by atoms with Gasteiger partial charge in [0.05, 0.1) is 19.8 Å². The van der Waals surface area contributed by atoms with Gasteiger partial charge in [0.25, 0.3) is 0 Å². The predicted molar refractivity (Wildman–Crippen MR) is 103 cm³/mol. The van der Waals surface area contributed by atoms with Gasteiger partial charge in [-0.05, 0) is 59.8 Å². The number of nitrogens with one attached hydrogen (secondary N) is 2. The zero-order valence-electron chi connectivity index (χ0n) is 17.3. The van der Waals surface area contributed by atoms with Crippen molar-refractivity contribution in [2.45, 2.75) is 50.4 Å². The summed E-state index contributed by atoms with van der Waals surface area (Å²) in [6, 6.07) is 0. The molecule has 0 aliphatic heterocycles. The third-order valence-electron chi connectivity index (χ3n) is 4.55. The van der Waals surface area contributed by atoms with Gasteiger partial charge < -0.3 is 40.8 Å². The quantitative estimate of drug-likeness (QED) is 0.214. The van der Waals surface area contributed by atoms with Crippen LogP contribution in [0.25, 0.3) is 0 Å². The summed E-state index contributed by atoms with van der Waals surface area (Å²) in [5, 5.41) is 26.9. The molecule has 0 saturated carbocycles. The van der Waals surface area contributed by atoms with Crippen LogP contribution in [-0.4, -0.2) is 93.8 Å². The Labute approximate surface area is 158 Å². The van der Waals surface area contributed by atoms with Gasteiger partial charge in [-0.15, -0.1) is 0 Å². The summed E-state index contributed by atoms with van der Waals surface area (Å²) in [5.41, 5.74) is 2.23. The van der Waals surface area contributed by atoms with E-state index in [-0.39, 0.29) is 6.61 Å². The maximum atomic E-state index is 10.6. The Hall–Kier alpha value is -0.320. The van der Waals surface area contributed by atoms with Crippen LogP contribution in [0.15, 0.2) is 0 Å². The molecule has 0 amide bonds. The lowest BCUT2D eigenvalue weighted by molar-refractivity contribution is -0.255. The van der Waals surface area contributed by atoms with Crippen LogP contribution in [0.2, 0.25) is 0 Å². The van der Waals surface area contributed by atoms with Crippen molar-refractivity contribution >= 4 is 0 Å². The molecule has 0 spiro atoms. The predicted octanol–water partition coefficient (Wildman–Crippen LogP) is -0.525. The average molecular weight is 380 g/mol. The van der Waals surface area contributed by atoms with Gasteiger partial charge in [-0.25, -0.2) is 0 Å². The fourth-order valence-electron chi connectivity index (χ4n) is 2.75. The first-order valence-corrected chi connectivity index (χ1v) is 9.33.